The van der Waals surface area contributed by atoms with Crippen LogP contribution in [-0.2, 0) is 11.2 Å². The average Bonchev–Trinajstić information content (AvgIpc) is 2.61. The lowest BCUT2D eigenvalue weighted by Crippen LogP contribution is -2.34. The molecule has 16 heavy (non-hydrogen) atoms. The van der Waals surface area contributed by atoms with E-state index in [9.17, 15) is 9.18 Å². The summed E-state index contributed by atoms with van der Waals surface area (Å²) in [5, 5.41) is 0. The molecule has 0 aliphatic carbocycles. The lowest BCUT2D eigenvalue weighted by molar-refractivity contribution is -0.114. The first-order chi connectivity index (χ1) is 7.52. The van der Waals surface area contributed by atoms with Crippen molar-refractivity contribution < 1.29 is 9.18 Å². The Kier molecular flexibility index (Phi) is 2.70. The molecule has 1 heterocycles. The van der Waals surface area contributed by atoms with Gasteiger partial charge in [0.15, 0.2) is 0 Å². The molecule has 1 aromatic carbocycles. The number of aldehydes is 1. The minimum absolute atomic E-state index is 0.213. The van der Waals surface area contributed by atoms with Crippen LogP contribution in [0.3, 0.4) is 0 Å². The molecule has 0 N–H and O–H groups in total. The number of hydrogen-bond acceptors (Lipinski definition) is 2. The van der Waals surface area contributed by atoms with E-state index >= 15 is 0 Å². The fourth-order valence-electron chi connectivity index (χ4n) is 2.11. The zero-order valence-corrected chi connectivity index (χ0v) is 9.66. The molecule has 0 unspecified atom stereocenters. The lowest BCUT2D eigenvalue weighted by Gasteiger charge is -2.27. The van der Waals surface area contributed by atoms with Crippen LogP contribution in [0.15, 0.2) is 18.2 Å². The van der Waals surface area contributed by atoms with Crippen molar-refractivity contribution in [1.82, 2.24) is 0 Å². The fourth-order valence-corrected chi connectivity index (χ4v) is 2.11. The van der Waals surface area contributed by atoms with E-state index in [1.807, 2.05) is 19.9 Å². The summed E-state index contributed by atoms with van der Waals surface area (Å²) in [6, 6.07) is 4.88. The molecule has 0 bridgehead atoms. The van der Waals surface area contributed by atoms with Crippen LogP contribution in [0, 0.1) is 11.2 Å². The third kappa shape index (κ3) is 2.08. The number of halogens is 1. The van der Waals surface area contributed by atoms with E-state index in [4.69, 9.17) is 0 Å². The van der Waals surface area contributed by atoms with E-state index < -0.39 is 0 Å². The molecule has 0 amide bonds. The summed E-state index contributed by atoms with van der Waals surface area (Å²) in [5.74, 6) is -0.213. The van der Waals surface area contributed by atoms with Gasteiger partial charge >= 0.3 is 0 Å². The number of anilines is 1. The predicted molar refractivity (Wildman–Crippen MR) is 62.2 cm³/mol. The lowest BCUT2D eigenvalue weighted by atomic mass is 9.95. The van der Waals surface area contributed by atoms with Gasteiger partial charge in [0.05, 0.1) is 0 Å². The Hall–Kier alpha value is -1.38. The number of rotatable bonds is 3. The topological polar surface area (TPSA) is 20.3 Å². The summed E-state index contributed by atoms with van der Waals surface area (Å²) in [4.78, 5) is 13.0. The van der Waals surface area contributed by atoms with Crippen LogP contribution >= 0.6 is 0 Å². The first-order valence-corrected chi connectivity index (χ1v) is 5.51. The molecule has 2 nitrogen and oxygen atoms in total. The molecule has 0 saturated heterocycles. The Morgan fingerprint density at radius 1 is 1.50 bits per heavy atom. The van der Waals surface area contributed by atoms with Gasteiger partial charge in [-0.25, -0.2) is 4.39 Å². The zero-order chi connectivity index (χ0) is 11.8. The smallest absolute Gasteiger partial charge is 0.127 e. The maximum Gasteiger partial charge on any atom is 0.127 e. The third-order valence-electron chi connectivity index (χ3n) is 2.96. The molecular weight excluding hydrogens is 205 g/mol. The van der Waals surface area contributed by atoms with Gasteiger partial charge in [0.1, 0.15) is 12.1 Å². The number of hydrogen-bond donors (Lipinski definition) is 0. The molecule has 0 aromatic heterocycles. The van der Waals surface area contributed by atoms with Crippen LogP contribution < -0.4 is 4.90 Å². The second-order valence-corrected chi connectivity index (χ2v) is 5.05. The summed E-state index contributed by atoms with van der Waals surface area (Å²) in [6.45, 7) is 5.32. The molecule has 0 fully saturated rings. The molecule has 0 saturated carbocycles. The molecule has 1 aromatic rings. The summed E-state index contributed by atoms with van der Waals surface area (Å²) in [5.41, 5.74) is 1.73. The van der Waals surface area contributed by atoms with Crippen LogP contribution in [0.1, 0.15) is 19.4 Å². The Labute approximate surface area is 95.1 Å². The number of carbonyl (C=O) groups excluding carboxylic acids is 1. The summed E-state index contributed by atoms with van der Waals surface area (Å²) >= 11 is 0. The molecule has 0 spiro atoms. The highest BCUT2D eigenvalue weighted by molar-refractivity contribution is 5.63. The van der Waals surface area contributed by atoms with E-state index in [0.717, 1.165) is 24.9 Å². The van der Waals surface area contributed by atoms with Gasteiger partial charge in [-0.1, -0.05) is 19.9 Å². The van der Waals surface area contributed by atoms with Crippen molar-refractivity contribution in [2.45, 2.75) is 20.3 Å². The van der Waals surface area contributed by atoms with Gasteiger partial charge in [0.25, 0.3) is 0 Å². The average molecular weight is 221 g/mol. The van der Waals surface area contributed by atoms with Crippen LogP contribution in [0.25, 0.3) is 0 Å². The molecule has 0 atom stereocenters. The van der Waals surface area contributed by atoms with Gasteiger partial charge in [-0.15, -0.1) is 0 Å². The Balaban J connectivity index is 2.23. The Morgan fingerprint density at radius 3 is 2.94 bits per heavy atom. The molecule has 3 heteroatoms. The summed E-state index contributed by atoms with van der Waals surface area (Å²) in [6.07, 6.45) is 1.90. The first-order valence-electron chi connectivity index (χ1n) is 5.51. The molecular formula is C13H16FNO. The van der Waals surface area contributed by atoms with E-state index in [0.29, 0.717) is 6.54 Å². The summed E-state index contributed by atoms with van der Waals surface area (Å²) in [7, 11) is 0. The predicted octanol–water partition coefficient (Wildman–Crippen LogP) is 2.41. The summed E-state index contributed by atoms with van der Waals surface area (Å²) < 4.78 is 13.2. The van der Waals surface area contributed by atoms with Crippen molar-refractivity contribution in [3.05, 3.63) is 29.6 Å². The Bertz CT molecular complexity index is 414. The van der Waals surface area contributed by atoms with E-state index in [1.54, 1.807) is 6.07 Å². The number of fused-ring (bicyclic) bond motifs is 1. The zero-order valence-electron chi connectivity index (χ0n) is 9.66. The van der Waals surface area contributed by atoms with Crippen molar-refractivity contribution in [1.29, 1.82) is 0 Å². The maximum atomic E-state index is 13.2. The molecule has 2 rings (SSSR count). The van der Waals surface area contributed by atoms with Crippen LogP contribution in [-0.4, -0.2) is 19.4 Å². The van der Waals surface area contributed by atoms with E-state index in [1.165, 1.54) is 11.6 Å². The van der Waals surface area contributed by atoms with Gasteiger partial charge in [-0.2, -0.15) is 0 Å². The van der Waals surface area contributed by atoms with Gasteiger partial charge in [0, 0.05) is 24.2 Å². The minimum atomic E-state index is -0.381. The number of benzene rings is 1. The molecule has 86 valence electrons. The van der Waals surface area contributed by atoms with Gasteiger partial charge in [-0.3, -0.25) is 0 Å². The van der Waals surface area contributed by atoms with Crippen molar-refractivity contribution in [3.8, 4) is 0 Å². The monoisotopic (exact) mass is 221 g/mol. The minimum Gasteiger partial charge on any atom is -0.370 e. The highest BCUT2D eigenvalue weighted by Crippen LogP contribution is 2.30. The second kappa shape index (κ2) is 3.89. The number of nitrogens with zero attached hydrogens (tertiary/aromatic N) is 1. The normalized spacial score (nSPS) is 15.1. The second-order valence-electron chi connectivity index (χ2n) is 5.05. The number of carbonyl (C=O) groups is 1. The molecule has 1 aliphatic rings. The van der Waals surface area contributed by atoms with Gasteiger partial charge in [-0.05, 0) is 24.1 Å². The van der Waals surface area contributed by atoms with Crippen molar-refractivity contribution in [2.75, 3.05) is 18.0 Å². The quantitative estimate of drug-likeness (QED) is 0.730. The van der Waals surface area contributed by atoms with E-state index in [-0.39, 0.29) is 11.2 Å². The van der Waals surface area contributed by atoms with Crippen molar-refractivity contribution in [3.63, 3.8) is 0 Å². The van der Waals surface area contributed by atoms with Crippen LogP contribution in [0.2, 0.25) is 0 Å². The van der Waals surface area contributed by atoms with Crippen LogP contribution in [0.5, 0.6) is 0 Å². The Morgan fingerprint density at radius 2 is 2.25 bits per heavy atom. The highest BCUT2D eigenvalue weighted by atomic mass is 19.1. The first kappa shape index (κ1) is 11.1. The van der Waals surface area contributed by atoms with Crippen LogP contribution in [0.4, 0.5) is 10.1 Å². The van der Waals surface area contributed by atoms with E-state index in [2.05, 4.69) is 4.90 Å². The molecule has 1 aliphatic heterocycles. The maximum absolute atomic E-state index is 13.2. The van der Waals surface area contributed by atoms with Gasteiger partial charge < -0.3 is 9.69 Å². The third-order valence-corrected chi connectivity index (χ3v) is 2.96. The highest BCUT2D eigenvalue weighted by Gasteiger charge is 2.26. The largest absolute Gasteiger partial charge is 0.370 e. The van der Waals surface area contributed by atoms with Crippen molar-refractivity contribution >= 4 is 12.0 Å². The SMILES string of the molecule is CC(C)(C=O)CN1CCc2ccc(F)cc21. The molecule has 0 radical (unpaired) electrons. The fraction of sp³-hybridized carbons (Fsp3) is 0.462. The van der Waals surface area contributed by atoms with Gasteiger partial charge in [0.2, 0.25) is 0 Å². The van der Waals surface area contributed by atoms with Crippen molar-refractivity contribution in [2.24, 2.45) is 5.41 Å². The standard InChI is InChI=1S/C13H16FNO/c1-13(2,9-16)8-15-6-5-10-3-4-11(14)7-12(10)15/h3-4,7,9H,5-6,8H2,1-2H3.